The van der Waals surface area contributed by atoms with E-state index in [0.29, 0.717) is 5.57 Å². The molecule has 0 spiro atoms. The highest BCUT2D eigenvalue weighted by Crippen LogP contribution is 2.13. The third-order valence-electron chi connectivity index (χ3n) is 1.86. The van der Waals surface area contributed by atoms with Gasteiger partial charge in [-0.25, -0.2) is 8.78 Å². The lowest BCUT2D eigenvalue weighted by Gasteiger charge is -2.02. The number of rotatable bonds is 3. The summed E-state index contributed by atoms with van der Waals surface area (Å²) in [7, 11) is 0. The second-order valence-electron chi connectivity index (χ2n) is 3.09. The average Bonchev–Trinajstić information content (AvgIpc) is 2.12. The fraction of sp³-hybridized carbons (Fsp3) is 0.182. The molecule has 0 amide bonds. The Bertz CT molecular complexity index is 383. The van der Waals surface area contributed by atoms with Gasteiger partial charge in [0, 0.05) is 6.42 Å². The van der Waals surface area contributed by atoms with E-state index in [4.69, 9.17) is 0 Å². The zero-order chi connectivity index (χ0) is 10.7. The molecular formula is C11H10F2O. The lowest BCUT2D eigenvalue weighted by Crippen LogP contribution is -2.05. The van der Waals surface area contributed by atoms with Gasteiger partial charge < -0.3 is 0 Å². The average molecular weight is 196 g/mol. The van der Waals surface area contributed by atoms with Crippen LogP contribution in [0, 0.1) is 11.6 Å². The van der Waals surface area contributed by atoms with Gasteiger partial charge in [0.05, 0.1) is 0 Å². The van der Waals surface area contributed by atoms with E-state index in [0.717, 1.165) is 6.07 Å². The van der Waals surface area contributed by atoms with Gasteiger partial charge in [-0.1, -0.05) is 18.7 Å². The number of allylic oxidation sites excluding steroid dienone is 1. The molecule has 1 nitrogen and oxygen atoms in total. The first-order valence-corrected chi connectivity index (χ1v) is 4.14. The second-order valence-corrected chi connectivity index (χ2v) is 3.09. The largest absolute Gasteiger partial charge is 0.294 e. The van der Waals surface area contributed by atoms with Crippen LogP contribution in [0.15, 0.2) is 30.4 Å². The molecule has 0 fully saturated rings. The van der Waals surface area contributed by atoms with Crippen molar-refractivity contribution in [1.82, 2.24) is 0 Å². The third-order valence-corrected chi connectivity index (χ3v) is 1.86. The fourth-order valence-electron chi connectivity index (χ4n) is 1.01. The normalized spacial score (nSPS) is 9.93. The van der Waals surface area contributed by atoms with Crippen LogP contribution in [0.4, 0.5) is 8.78 Å². The van der Waals surface area contributed by atoms with E-state index in [2.05, 4.69) is 6.58 Å². The van der Waals surface area contributed by atoms with Gasteiger partial charge in [0.15, 0.2) is 17.4 Å². The molecule has 3 heteroatoms. The zero-order valence-electron chi connectivity index (χ0n) is 7.81. The van der Waals surface area contributed by atoms with E-state index >= 15 is 0 Å². The first kappa shape index (κ1) is 10.6. The van der Waals surface area contributed by atoms with E-state index in [1.165, 1.54) is 12.1 Å². The van der Waals surface area contributed by atoms with Crippen LogP contribution in [0.2, 0.25) is 0 Å². The van der Waals surface area contributed by atoms with E-state index in [9.17, 15) is 13.6 Å². The monoisotopic (exact) mass is 196 g/mol. The zero-order valence-corrected chi connectivity index (χ0v) is 7.81. The molecule has 0 heterocycles. The molecular weight excluding hydrogens is 186 g/mol. The minimum absolute atomic E-state index is 0.0676. The lowest BCUT2D eigenvalue weighted by molar-refractivity contribution is -0.114. The summed E-state index contributed by atoms with van der Waals surface area (Å²) in [6.45, 7) is 4.98. The Labute approximate surface area is 81.1 Å². The van der Waals surface area contributed by atoms with Crippen molar-refractivity contribution in [3.63, 3.8) is 0 Å². The molecule has 0 saturated heterocycles. The van der Waals surface area contributed by atoms with Gasteiger partial charge in [-0.2, -0.15) is 0 Å². The molecule has 0 saturated carbocycles. The standard InChI is InChI=1S/C11H10F2O/c1-7(2)10(14)6-8-4-3-5-9(12)11(8)13/h3-5H,1,6H2,2H3. The Morgan fingerprint density at radius 3 is 2.64 bits per heavy atom. The molecule has 0 aliphatic carbocycles. The third kappa shape index (κ3) is 2.25. The quantitative estimate of drug-likeness (QED) is 0.679. The molecule has 0 aromatic heterocycles. The van der Waals surface area contributed by atoms with Gasteiger partial charge in [-0.15, -0.1) is 0 Å². The maximum atomic E-state index is 13.1. The smallest absolute Gasteiger partial charge is 0.162 e. The summed E-state index contributed by atoms with van der Waals surface area (Å²) in [6, 6.07) is 3.78. The van der Waals surface area contributed by atoms with E-state index in [1.807, 2.05) is 0 Å². The Morgan fingerprint density at radius 2 is 2.07 bits per heavy atom. The number of hydrogen-bond acceptors (Lipinski definition) is 1. The number of Topliss-reactive ketones (excluding diaryl/α,β-unsaturated/α-hetero) is 1. The Hall–Kier alpha value is -1.51. The van der Waals surface area contributed by atoms with Crippen molar-refractivity contribution >= 4 is 5.78 Å². The molecule has 1 rings (SSSR count). The SMILES string of the molecule is C=C(C)C(=O)Cc1cccc(F)c1F. The molecule has 0 radical (unpaired) electrons. The van der Waals surface area contributed by atoms with Gasteiger partial charge in [0.2, 0.25) is 0 Å². The Morgan fingerprint density at radius 1 is 1.43 bits per heavy atom. The van der Waals surface area contributed by atoms with Gasteiger partial charge in [-0.05, 0) is 24.1 Å². The number of halogens is 2. The minimum atomic E-state index is -0.956. The van der Waals surface area contributed by atoms with Crippen LogP contribution in [-0.2, 0) is 11.2 Å². The van der Waals surface area contributed by atoms with Gasteiger partial charge >= 0.3 is 0 Å². The molecule has 0 unspecified atom stereocenters. The van der Waals surface area contributed by atoms with Crippen LogP contribution in [0.25, 0.3) is 0 Å². The second kappa shape index (κ2) is 4.13. The summed E-state index contributed by atoms with van der Waals surface area (Å²) in [5, 5.41) is 0. The van der Waals surface area contributed by atoms with Crippen LogP contribution in [-0.4, -0.2) is 5.78 Å². The molecule has 0 aliphatic heterocycles. The Kier molecular flexibility index (Phi) is 3.12. The van der Waals surface area contributed by atoms with Crippen molar-refractivity contribution in [3.05, 3.63) is 47.5 Å². The predicted octanol–water partition coefficient (Wildman–Crippen LogP) is 2.65. The fourth-order valence-corrected chi connectivity index (χ4v) is 1.01. The molecule has 14 heavy (non-hydrogen) atoms. The summed E-state index contributed by atoms with van der Waals surface area (Å²) in [5.41, 5.74) is 0.409. The predicted molar refractivity (Wildman–Crippen MR) is 49.9 cm³/mol. The van der Waals surface area contributed by atoms with Crippen LogP contribution < -0.4 is 0 Å². The van der Waals surface area contributed by atoms with Crippen molar-refractivity contribution in [2.75, 3.05) is 0 Å². The van der Waals surface area contributed by atoms with Gasteiger partial charge in [-0.3, -0.25) is 4.79 Å². The minimum Gasteiger partial charge on any atom is -0.294 e. The molecule has 1 aromatic rings. The van der Waals surface area contributed by atoms with Crippen molar-refractivity contribution < 1.29 is 13.6 Å². The molecule has 0 atom stereocenters. The van der Waals surface area contributed by atoms with Crippen molar-refractivity contribution in [2.24, 2.45) is 0 Å². The number of carbonyl (C=O) groups is 1. The molecule has 0 N–H and O–H groups in total. The number of carbonyl (C=O) groups excluding carboxylic acids is 1. The van der Waals surface area contributed by atoms with Crippen molar-refractivity contribution in [1.29, 1.82) is 0 Å². The number of ketones is 1. The molecule has 74 valence electrons. The summed E-state index contributed by atoms with van der Waals surface area (Å²) < 4.78 is 25.8. The van der Waals surface area contributed by atoms with Crippen LogP contribution in [0.1, 0.15) is 12.5 Å². The Balaban J connectivity index is 2.93. The molecule has 0 bridgehead atoms. The highest BCUT2D eigenvalue weighted by Gasteiger charge is 2.11. The topological polar surface area (TPSA) is 17.1 Å². The molecule has 0 aliphatic rings. The van der Waals surface area contributed by atoms with Crippen molar-refractivity contribution in [3.8, 4) is 0 Å². The van der Waals surface area contributed by atoms with Gasteiger partial charge in [0.25, 0.3) is 0 Å². The van der Waals surface area contributed by atoms with Crippen LogP contribution in [0.3, 0.4) is 0 Å². The summed E-state index contributed by atoms with van der Waals surface area (Å²) >= 11 is 0. The summed E-state index contributed by atoms with van der Waals surface area (Å²) in [6.07, 6.45) is -0.140. The van der Waals surface area contributed by atoms with Crippen molar-refractivity contribution in [2.45, 2.75) is 13.3 Å². The van der Waals surface area contributed by atoms with E-state index in [1.54, 1.807) is 6.92 Å². The van der Waals surface area contributed by atoms with E-state index in [-0.39, 0.29) is 17.8 Å². The first-order valence-electron chi connectivity index (χ1n) is 4.14. The number of benzene rings is 1. The maximum Gasteiger partial charge on any atom is 0.162 e. The molecule has 1 aromatic carbocycles. The summed E-state index contributed by atoms with van der Waals surface area (Å²) in [4.78, 5) is 11.2. The lowest BCUT2D eigenvalue weighted by atomic mass is 10.0. The maximum absolute atomic E-state index is 13.1. The summed E-state index contributed by atoms with van der Waals surface area (Å²) in [5.74, 6) is -2.17. The van der Waals surface area contributed by atoms with Gasteiger partial charge in [0.1, 0.15) is 0 Å². The first-order chi connectivity index (χ1) is 6.52. The van der Waals surface area contributed by atoms with Crippen LogP contribution >= 0.6 is 0 Å². The van der Waals surface area contributed by atoms with E-state index < -0.39 is 11.6 Å². The van der Waals surface area contributed by atoms with Crippen LogP contribution in [0.5, 0.6) is 0 Å². The highest BCUT2D eigenvalue weighted by molar-refractivity contribution is 5.95. The highest BCUT2D eigenvalue weighted by atomic mass is 19.2. The number of hydrogen-bond donors (Lipinski definition) is 0.